The molecule has 0 amide bonds. The van der Waals surface area contributed by atoms with Gasteiger partial charge in [-0.2, -0.15) is 0 Å². The second-order valence-corrected chi connectivity index (χ2v) is 11.2. The maximum atomic E-state index is 12.7. The van der Waals surface area contributed by atoms with E-state index in [1.165, 1.54) is 11.1 Å². The molecule has 22 heavy (non-hydrogen) atoms. The van der Waals surface area contributed by atoms with E-state index in [1.54, 1.807) is 22.7 Å². The third-order valence-electron chi connectivity index (χ3n) is 5.37. The molecule has 0 aromatic carbocycles. The first kappa shape index (κ1) is 14.1. The number of carbonyl (C=O) groups excluding carboxylic acids is 2. The summed E-state index contributed by atoms with van der Waals surface area (Å²) < 4.78 is 2.04. The van der Waals surface area contributed by atoms with Crippen LogP contribution in [0.3, 0.4) is 0 Å². The number of rotatable bonds is 0. The number of thiophene rings is 2. The molecule has 0 bridgehead atoms. The zero-order valence-electron chi connectivity index (χ0n) is 11.3. The van der Waals surface area contributed by atoms with E-state index >= 15 is 0 Å². The van der Waals surface area contributed by atoms with Crippen LogP contribution in [0.15, 0.2) is 19.7 Å². The summed E-state index contributed by atoms with van der Waals surface area (Å²) in [4.78, 5) is 27.3. The molecule has 2 aromatic rings. The van der Waals surface area contributed by atoms with Crippen LogP contribution in [-0.2, 0) is 0 Å². The summed E-state index contributed by atoms with van der Waals surface area (Å²) in [5, 5.41) is 0. The van der Waals surface area contributed by atoms with Gasteiger partial charge in [-0.15, -0.1) is 22.7 Å². The van der Waals surface area contributed by atoms with Crippen LogP contribution < -0.4 is 0 Å². The molecule has 5 rings (SSSR count). The lowest BCUT2D eigenvalue weighted by Crippen LogP contribution is -2.29. The van der Waals surface area contributed by atoms with Crippen molar-refractivity contribution < 1.29 is 9.59 Å². The molecule has 0 aliphatic heterocycles. The molecule has 2 nitrogen and oxygen atoms in total. The minimum atomic E-state index is 0.0769. The smallest absolute Gasteiger partial charge is 0.176 e. The van der Waals surface area contributed by atoms with Crippen LogP contribution in [0.5, 0.6) is 0 Å². The van der Waals surface area contributed by atoms with E-state index in [4.69, 9.17) is 0 Å². The molecule has 3 aliphatic carbocycles. The van der Waals surface area contributed by atoms with E-state index in [2.05, 4.69) is 44.0 Å². The highest BCUT2D eigenvalue weighted by molar-refractivity contribution is 9.11. The standard InChI is InChI=1S/C16H10Br2O2S2/c17-11-3-9-5-1-7-6(2-8(5)14(20)15(9)21-11)10-4-12(18)22-16(10)13(7)19/h3-8H,1-2H2. The van der Waals surface area contributed by atoms with Crippen LogP contribution >= 0.6 is 54.5 Å². The predicted octanol–water partition coefficient (Wildman–Crippen LogP) is 5.62. The number of ketones is 2. The van der Waals surface area contributed by atoms with Gasteiger partial charge in [-0.3, -0.25) is 9.59 Å². The van der Waals surface area contributed by atoms with Crippen molar-refractivity contribution in [1.29, 1.82) is 0 Å². The van der Waals surface area contributed by atoms with E-state index in [0.717, 1.165) is 30.2 Å². The van der Waals surface area contributed by atoms with Gasteiger partial charge in [0, 0.05) is 11.8 Å². The Kier molecular flexibility index (Phi) is 2.96. The van der Waals surface area contributed by atoms with Crippen molar-refractivity contribution in [1.82, 2.24) is 0 Å². The lowest BCUT2D eigenvalue weighted by atomic mass is 9.68. The normalized spacial score (nSPS) is 31.9. The third-order valence-corrected chi connectivity index (χ3v) is 8.71. The van der Waals surface area contributed by atoms with Crippen LogP contribution in [0.2, 0.25) is 0 Å². The van der Waals surface area contributed by atoms with Gasteiger partial charge < -0.3 is 0 Å². The van der Waals surface area contributed by atoms with Crippen molar-refractivity contribution in [3.05, 3.63) is 40.6 Å². The van der Waals surface area contributed by atoms with Gasteiger partial charge in [0.1, 0.15) is 0 Å². The summed E-state index contributed by atoms with van der Waals surface area (Å²) in [7, 11) is 0. The Labute approximate surface area is 152 Å². The average molecular weight is 458 g/mol. The maximum absolute atomic E-state index is 12.7. The fraction of sp³-hybridized carbons (Fsp3) is 0.375. The number of fused-ring (bicyclic) bond motifs is 6. The van der Waals surface area contributed by atoms with Crippen molar-refractivity contribution in [2.24, 2.45) is 11.8 Å². The van der Waals surface area contributed by atoms with Crippen LogP contribution in [0, 0.1) is 11.8 Å². The minimum Gasteiger partial charge on any atom is -0.293 e. The Morgan fingerprint density at radius 3 is 1.59 bits per heavy atom. The van der Waals surface area contributed by atoms with Gasteiger partial charge in [0.25, 0.3) is 0 Å². The molecular weight excluding hydrogens is 448 g/mol. The van der Waals surface area contributed by atoms with E-state index in [9.17, 15) is 9.59 Å². The van der Waals surface area contributed by atoms with Crippen molar-refractivity contribution in [2.45, 2.75) is 24.7 Å². The summed E-state index contributed by atoms with van der Waals surface area (Å²) in [6.07, 6.45) is 1.66. The zero-order valence-corrected chi connectivity index (χ0v) is 16.1. The topological polar surface area (TPSA) is 34.1 Å². The first-order valence-electron chi connectivity index (χ1n) is 7.21. The molecule has 2 aromatic heterocycles. The summed E-state index contributed by atoms with van der Waals surface area (Å²) in [6, 6.07) is 4.18. The van der Waals surface area contributed by atoms with Gasteiger partial charge in [0.05, 0.1) is 17.3 Å². The Morgan fingerprint density at radius 1 is 0.773 bits per heavy atom. The van der Waals surface area contributed by atoms with Gasteiger partial charge in [-0.05, 0) is 79.8 Å². The molecule has 0 radical (unpaired) electrons. The highest BCUT2D eigenvalue weighted by atomic mass is 79.9. The predicted molar refractivity (Wildman–Crippen MR) is 94.4 cm³/mol. The molecule has 1 fully saturated rings. The van der Waals surface area contributed by atoms with Gasteiger partial charge in [-0.1, -0.05) is 0 Å². The quantitative estimate of drug-likeness (QED) is 0.514. The SMILES string of the molecule is O=C1c2sc(Br)cc2C2CC3C(=O)c4sc(Br)cc4C3CC12. The van der Waals surface area contributed by atoms with E-state index in [0.29, 0.717) is 11.6 Å². The van der Waals surface area contributed by atoms with Crippen LogP contribution in [0.25, 0.3) is 0 Å². The monoisotopic (exact) mass is 456 g/mol. The molecule has 0 spiro atoms. The molecule has 0 saturated heterocycles. The number of halogens is 2. The van der Waals surface area contributed by atoms with Gasteiger partial charge >= 0.3 is 0 Å². The third kappa shape index (κ3) is 1.70. The zero-order chi connectivity index (χ0) is 15.2. The molecule has 3 aliphatic rings. The van der Waals surface area contributed by atoms with Gasteiger partial charge in [0.2, 0.25) is 0 Å². The Morgan fingerprint density at radius 2 is 1.18 bits per heavy atom. The van der Waals surface area contributed by atoms with Crippen molar-refractivity contribution in [3.63, 3.8) is 0 Å². The van der Waals surface area contributed by atoms with Crippen LogP contribution in [-0.4, -0.2) is 11.6 Å². The van der Waals surface area contributed by atoms with E-state index in [1.807, 2.05) is 0 Å². The minimum absolute atomic E-state index is 0.0769. The van der Waals surface area contributed by atoms with Crippen LogP contribution in [0.4, 0.5) is 0 Å². The van der Waals surface area contributed by atoms with Gasteiger partial charge in [0.15, 0.2) is 11.6 Å². The molecule has 6 heteroatoms. The van der Waals surface area contributed by atoms with E-state index < -0.39 is 0 Å². The number of carbonyl (C=O) groups is 2. The fourth-order valence-electron chi connectivity index (χ4n) is 4.49. The largest absolute Gasteiger partial charge is 0.293 e. The molecular formula is C16H10Br2O2S2. The Bertz CT molecular complexity index is 780. The van der Waals surface area contributed by atoms with Crippen molar-refractivity contribution >= 4 is 66.1 Å². The number of hydrogen-bond acceptors (Lipinski definition) is 4. The molecule has 4 atom stereocenters. The number of hydrogen-bond donors (Lipinski definition) is 0. The van der Waals surface area contributed by atoms with Gasteiger partial charge in [-0.25, -0.2) is 0 Å². The molecule has 4 unspecified atom stereocenters. The Hall–Kier alpha value is -0.300. The lowest BCUT2D eigenvalue weighted by molar-refractivity contribution is 0.0790. The molecule has 0 N–H and O–H groups in total. The summed E-state index contributed by atoms with van der Waals surface area (Å²) in [5.41, 5.74) is 2.35. The molecule has 1 saturated carbocycles. The summed E-state index contributed by atoms with van der Waals surface area (Å²) >= 11 is 10.1. The second kappa shape index (κ2) is 4.62. The first-order chi connectivity index (χ1) is 10.5. The molecule has 2 heterocycles. The summed E-state index contributed by atoms with van der Waals surface area (Å²) in [5.74, 6) is 1.23. The molecule has 112 valence electrons. The maximum Gasteiger partial charge on any atom is 0.176 e. The second-order valence-electron chi connectivity index (χ2n) is 6.30. The fourth-order valence-corrected chi connectivity index (χ4v) is 7.88. The Balaban J connectivity index is 1.58. The van der Waals surface area contributed by atoms with Crippen molar-refractivity contribution in [2.75, 3.05) is 0 Å². The average Bonchev–Trinajstić information content (AvgIpc) is 3.17. The summed E-state index contributed by atoms with van der Waals surface area (Å²) in [6.45, 7) is 0. The first-order valence-corrected chi connectivity index (χ1v) is 10.4. The number of Topliss-reactive ketones (excluding diaryl/α,β-unsaturated/α-hetero) is 2. The lowest BCUT2D eigenvalue weighted by Gasteiger charge is -2.33. The highest BCUT2D eigenvalue weighted by Crippen LogP contribution is 2.59. The van der Waals surface area contributed by atoms with Crippen molar-refractivity contribution in [3.8, 4) is 0 Å². The highest BCUT2D eigenvalue weighted by Gasteiger charge is 2.53. The van der Waals surface area contributed by atoms with E-state index in [-0.39, 0.29) is 23.7 Å². The van der Waals surface area contributed by atoms with Crippen LogP contribution in [0.1, 0.15) is 55.1 Å².